The van der Waals surface area contributed by atoms with Crippen LogP contribution in [0.3, 0.4) is 0 Å². The molecule has 0 unspecified atom stereocenters. The maximum atomic E-state index is 12.7. The van der Waals surface area contributed by atoms with Gasteiger partial charge in [0.15, 0.2) is 0 Å². The second kappa shape index (κ2) is 9.05. The van der Waals surface area contributed by atoms with Crippen LogP contribution in [0.1, 0.15) is 22.8 Å². The molecule has 10 heteroatoms. The second-order valence-corrected chi connectivity index (χ2v) is 6.73. The standard InChI is InChI=1S/C21H16ClF3N4O2/c1-12(26)17-18(22)16(11-27-19(17)28-13-5-3-2-4-6-13)20(30)29-14-7-9-15(10-8-14)31-21(23,24)25/h2-11,26H,1H3,(H,27,28)(H,29,30). The van der Waals surface area contributed by atoms with Crippen molar-refractivity contribution in [2.45, 2.75) is 13.3 Å². The van der Waals surface area contributed by atoms with Crippen LogP contribution in [0.5, 0.6) is 5.75 Å². The molecule has 0 spiro atoms. The number of ether oxygens (including phenoxy) is 1. The third-order valence-electron chi connectivity index (χ3n) is 4.02. The van der Waals surface area contributed by atoms with E-state index in [2.05, 4.69) is 20.4 Å². The van der Waals surface area contributed by atoms with Gasteiger partial charge in [-0.25, -0.2) is 4.98 Å². The first-order chi connectivity index (χ1) is 14.6. The molecule has 6 nitrogen and oxygen atoms in total. The molecule has 3 aromatic rings. The highest BCUT2D eigenvalue weighted by atomic mass is 35.5. The van der Waals surface area contributed by atoms with Crippen LogP contribution in [0.4, 0.5) is 30.4 Å². The number of halogens is 4. The molecule has 0 atom stereocenters. The van der Waals surface area contributed by atoms with E-state index < -0.39 is 18.0 Å². The van der Waals surface area contributed by atoms with E-state index >= 15 is 0 Å². The van der Waals surface area contributed by atoms with Crippen molar-refractivity contribution in [1.82, 2.24) is 4.98 Å². The number of aromatic nitrogens is 1. The molecule has 0 saturated heterocycles. The van der Waals surface area contributed by atoms with Crippen LogP contribution in [-0.2, 0) is 0 Å². The highest BCUT2D eigenvalue weighted by Crippen LogP contribution is 2.30. The summed E-state index contributed by atoms with van der Waals surface area (Å²) < 4.78 is 40.6. The van der Waals surface area contributed by atoms with Gasteiger partial charge in [-0.3, -0.25) is 4.79 Å². The zero-order valence-corrected chi connectivity index (χ0v) is 16.8. The van der Waals surface area contributed by atoms with Crippen LogP contribution in [-0.4, -0.2) is 23.0 Å². The Balaban J connectivity index is 1.83. The largest absolute Gasteiger partial charge is 0.573 e. The average molecular weight is 449 g/mol. The van der Waals surface area contributed by atoms with Crippen molar-refractivity contribution < 1.29 is 22.7 Å². The third kappa shape index (κ3) is 5.73. The molecule has 1 heterocycles. The average Bonchev–Trinajstić information content (AvgIpc) is 2.69. The smallest absolute Gasteiger partial charge is 0.406 e. The van der Waals surface area contributed by atoms with Crippen LogP contribution >= 0.6 is 11.6 Å². The van der Waals surface area contributed by atoms with E-state index in [0.29, 0.717) is 5.82 Å². The minimum Gasteiger partial charge on any atom is -0.406 e. The molecule has 31 heavy (non-hydrogen) atoms. The summed E-state index contributed by atoms with van der Waals surface area (Å²) in [6.45, 7) is 1.51. The highest BCUT2D eigenvalue weighted by molar-refractivity contribution is 6.38. The quantitative estimate of drug-likeness (QED) is 0.402. The topological polar surface area (TPSA) is 87.1 Å². The Kier molecular flexibility index (Phi) is 6.45. The fraction of sp³-hybridized carbons (Fsp3) is 0.0952. The Morgan fingerprint density at radius 3 is 2.29 bits per heavy atom. The van der Waals surface area contributed by atoms with Gasteiger partial charge in [-0.2, -0.15) is 0 Å². The number of nitrogens with one attached hydrogen (secondary N) is 3. The lowest BCUT2D eigenvalue weighted by molar-refractivity contribution is -0.274. The van der Waals surface area contributed by atoms with Crippen molar-refractivity contribution in [3.63, 3.8) is 0 Å². The number of hydrogen-bond acceptors (Lipinski definition) is 5. The number of nitrogens with zero attached hydrogens (tertiary/aromatic N) is 1. The molecule has 3 rings (SSSR count). The van der Waals surface area contributed by atoms with Gasteiger partial charge in [-0.1, -0.05) is 29.8 Å². The van der Waals surface area contributed by atoms with Crippen molar-refractivity contribution in [1.29, 1.82) is 5.41 Å². The first-order valence-corrected chi connectivity index (χ1v) is 9.25. The summed E-state index contributed by atoms with van der Waals surface area (Å²) in [4.78, 5) is 16.9. The van der Waals surface area contributed by atoms with Crippen LogP contribution in [0.2, 0.25) is 5.02 Å². The number of hydrogen-bond donors (Lipinski definition) is 3. The molecular formula is C21H16ClF3N4O2. The zero-order chi connectivity index (χ0) is 22.6. The molecule has 0 radical (unpaired) electrons. The molecule has 1 amide bonds. The van der Waals surface area contributed by atoms with E-state index in [1.54, 1.807) is 0 Å². The van der Waals surface area contributed by atoms with Gasteiger partial charge in [0.05, 0.1) is 16.1 Å². The number of rotatable bonds is 6. The molecule has 0 bridgehead atoms. The molecule has 0 saturated carbocycles. The minimum absolute atomic E-state index is 0.0116. The predicted molar refractivity (Wildman–Crippen MR) is 113 cm³/mol. The maximum Gasteiger partial charge on any atom is 0.573 e. The molecule has 3 N–H and O–H groups in total. The number of carbonyl (C=O) groups is 1. The fourth-order valence-corrected chi connectivity index (χ4v) is 3.05. The van der Waals surface area contributed by atoms with Gasteiger partial charge < -0.3 is 20.8 Å². The monoisotopic (exact) mass is 448 g/mol. The lowest BCUT2D eigenvalue weighted by Crippen LogP contribution is -2.17. The third-order valence-corrected chi connectivity index (χ3v) is 4.41. The lowest BCUT2D eigenvalue weighted by atomic mass is 10.1. The summed E-state index contributed by atoms with van der Waals surface area (Å²) in [7, 11) is 0. The van der Waals surface area contributed by atoms with E-state index in [4.69, 9.17) is 17.0 Å². The molecular weight excluding hydrogens is 433 g/mol. The van der Waals surface area contributed by atoms with E-state index in [9.17, 15) is 18.0 Å². The molecule has 0 aliphatic rings. The number of pyridine rings is 1. The molecule has 1 aromatic heterocycles. The van der Waals surface area contributed by atoms with Gasteiger partial charge in [-0.15, -0.1) is 13.2 Å². The first kappa shape index (κ1) is 22.1. The molecule has 0 fully saturated rings. The predicted octanol–water partition coefficient (Wildman–Crippen LogP) is 6.02. The van der Waals surface area contributed by atoms with E-state index in [0.717, 1.165) is 17.8 Å². The molecule has 2 aromatic carbocycles. The highest BCUT2D eigenvalue weighted by Gasteiger charge is 2.31. The van der Waals surface area contributed by atoms with Crippen LogP contribution < -0.4 is 15.4 Å². The Morgan fingerprint density at radius 1 is 1.06 bits per heavy atom. The Morgan fingerprint density at radius 2 is 1.71 bits per heavy atom. The van der Waals surface area contributed by atoms with Gasteiger partial charge in [0.2, 0.25) is 0 Å². The molecule has 160 valence electrons. The summed E-state index contributed by atoms with van der Waals surface area (Å²) in [6.07, 6.45) is -3.54. The Labute approximate surface area is 180 Å². The van der Waals surface area contributed by atoms with E-state index in [-0.39, 0.29) is 27.5 Å². The van der Waals surface area contributed by atoms with Crippen molar-refractivity contribution in [2.75, 3.05) is 10.6 Å². The maximum absolute atomic E-state index is 12.7. The summed E-state index contributed by atoms with van der Waals surface area (Å²) in [6, 6.07) is 13.8. The summed E-state index contributed by atoms with van der Waals surface area (Å²) in [5.74, 6) is -0.729. The number of carbonyl (C=O) groups excluding carboxylic acids is 1. The fourth-order valence-electron chi connectivity index (χ4n) is 2.68. The van der Waals surface area contributed by atoms with E-state index in [1.165, 1.54) is 25.3 Å². The lowest BCUT2D eigenvalue weighted by Gasteiger charge is -2.15. The van der Waals surface area contributed by atoms with Crippen LogP contribution in [0.25, 0.3) is 0 Å². The van der Waals surface area contributed by atoms with Gasteiger partial charge >= 0.3 is 6.36 Å². The molecule has 0 aliphatic carbocycles. The zero-order valence-electron chi connectivity index (χ0n) is 16.0. The van der Waals surface area contributed by atoms with Crippen molar-refractivity contribution in [3.05, 3.63) is 76.9 Å². The Hall–Kier alpha value is -3.59. The van der Waals surface area contributed by atoms with Crippen molar-refractivity contribution in [3.8, 4) is 5.75 Å². The van der Waals surface area contributed by atoms with Crippen molar-refractivity contribution in [2.24, 2.45) is 0 Å². The number of anilines is 3. The Bertz CT molecular complexity index is 1100. The van der Waals surface area contributed by atoms with Gasteiger partial charge in [0.1, 0.15) is 11.6 Å². The van der Waals surface area contributed by atoms with Gasteiger partial charge in [-0.05, 0) is 43.3 Å². The van der Waals surface area contributed by atoms with Gasteiger partial charge in [0, 0.05) is 23.3 Å². The number of para-hydroxylation sites is 1. The number of alkyl halides is 3. The van der Waals surface area contributed by atoms with Crippen LogP contribution in [0.15, 0.2) is 60.8 Å². The van der Waals surface area contributed by atoms with Gasteiger partial charge in [0.25, 0.3) is 5.91 Å². The number of amides is 1. The summed E-state index contributed by atoms with van der Waals surface area (Å²) in [5.41, 5.74) is 1.32. The van der Waals surface area contributed by atoms with E-state index in [1.807, 2.05) is 30.3 Å². The number of benzene rings is 2. The first-order valence-electron chi connectivity index (χ1n) is 8.87. The van der Waals surface area contributed by atoms with Crippen molar-refractivity contribution >= 4 is 40.4 Å². The SMILES string of the molecule is CC(=N)c1c(Nc2ccccc2)ncc(C(=O)Nc2ccc(OC(F)(F)F)cc2)c1Cl. The summed E-state index contributed by atoms with van der Waals surface area (Å²) in [5, 5.41) is 13.7. The van der Waals surface area contributed by atoms with Crippen LogP contribution in [0, 0.1) is 5.41 Å². The summed E-state index contributed by atoms with van der Waals surface area (Å²) >= 11 is 6.41. The molecule has 0 aliphatic heterocycles. The normalized spacial score (nSPS) is 11.0. The second-order valence-electron chi connectivity index (χ2n) is 6.35. The minimum atomic E-state index is -4.81.